The average Bonchev–Trinajstić information content (AvgIpc) is 1.83. The Kier molecular flexibility index (Phi) is 2.78. The van der Waals surface area contributed by atoms with Gasteiger partial charge in [0.2, 0.25) is 0 Å². The van der Waals surface area contributed by atoms with Gasteiger partial charge in [-0.3, -0.25) is 0 Å². The van der Waals surface area contributed by atoms with Crippen molar-refractivity contribution in [3.05, 3.63) is 0 Å². The fraction of sp³-hybridized carbons (Fsp3) is 1.00. The first-order valence-electron chi connectivity index (χ1n) is 5.00. The summed E-state index contributed by atoms with van der Waals surface area (Å²) in [7, 11) is 0. The van der Waals surface area contributed by atoms with E-state index in [0.717, 1.165) is 5.92 Å². The van der Waals surface area contributed by atoms with Crippen LogP contribution in [0.1, 0.15) is 53.4 Å². The summed E-state index contributed by atoms with van der Waals surface area (Å²) in [5, 5.41) is 0. The van der Waals surface area contributed by atoms with Gasteiger partial charge in [-0.25, -0.2) is 0 Å². The topological polar surface area (TPSA) is 0 Å². The molecule has 0 radical (unpaired) electrons. The van der Waals surface area contributed by atoms with Crippen LogP contribution in [-0.4, -0.2) is 4.87 Å². The highest BCUT2D eigenvalue weighted by atomic mass is 35.5. The lowest BCUT2D eigenvalue weighted by atomic mass is 9.70. The summed E-state index contributed by atoms with van der Waals surface area (Å²) in [5.41, 5.74) is 0.568. The maximum Gasteiger partial charge on any atom is 0.0418 e. The molecule has 0 atom stereocenters. The molecule has 0 N–H and O–H groups in total. The highest BCUT2D eigenvalue weighted by Gasteiger charge is 2.34. The largest absolute Gasteiger partial charge is 0.120 e. The van der Waals surface area contributed by atoms with Crippen LogP contribution in [0.2, 0.25) is 0 Å². The van der Waals surface area contributed by atoms with Gasteiger partial charge >= 0.3 is 0 Å². The monoisotopic (exact) mass is 188 g/mol. The molecule has 0 amide bonds. The second-order valence-corrected chi connectivity index (χ2v) is 6.48. The standard InChI is InChI=1S/C11H21Cl/c1-10(2)7-5-9(6-8-10)11(3,4)12/h9H,5-8H2,1-4H3. The molecule has 0 aromatic heterocycles. The van der Waals surface area contributed by atoms with Crippen molar-refractivity contribution in [2.45, 2.75) is 58.3 Å². The molecule has 0 heterocycles. The minimum atomic E-state index is 0.0104. The average molecular weight is 189 g/mol. The molecule has 0 aromatic rings. The van der Waals surface area contributed by atoms with Crippen molar-refractivity contribution in [1.82, 2.24) is 0 Å². The summed E-state index contributed by atoms with van der Waals surface area (Å²) in [6, 6.07) is 0. The van der Waals surface area contributed by atoms with Gasteiger partial charge in [-0.1, -0.05) is 13.8 Å². The molecular weight excluding hydrogens is 168 g/mol. The summed E-state index contributed by atoms with van der Waals surface area (Å²) in [5.74, 6) is 0.729. The normalized spacial score (nSPS) is 25.8. The van der Waals surface area contributed by atoms with Crippen LogP contribution >= 0.6 is 11.6 Å². The molecule has 0 aromatic carbocycles. The Morgan fingerprint density at radius 2 is 1.58 bits per heavy atom. The molecule has 1 fully saturated rings. The lowest BCUT2D eigenvalue weighted by Crippen LogP contribution is -2.31. The van der Waals surface area contributed by atoms with E-state index in [1.165, 1.54) is 25.7 Å². The van der Waals surface area contributed by atoms with Gasteiger partial charge < -0.3 is 0 Å². The molecule has 1 rings (SSSR count). The highest BCUT2D eigenvalue weighted by Crippen LogP contribution is 2.43. The lowest BCUT2D eigenvalue weighted by molar-refractivity contribution is 0.170. The maximum atomic E-state index is 6.31. The first-order chi connectivity index (χ1) is 5.31. The molecule has 0 spiro atoms. The molecule has 72 valence electrons. The Labute approximate surface area is 81.7 Å². The second-order valence-electron chi connectivity index (χ2n) is 5.50. The number of rotatable bonds is 1. The minimum absolute atomic E-state index is 0.0104. The van der Waals surface area contributed by atoms with E-state index in [-0.39, 0.29) is 4.87 Å². The first-order valence-corrected chi connectivity index (χ1v) is 5.38. The summed E-state index contributed by atoms with van der Waals surface area (Å²) in [4.78, 5) is 0.0104. The molecule has 1 heteroatoms. The summed E-state index contributed by atoms with van der Waals surface area (Å²) in [6.07, 6.45) is 5.30. The van der Waals surface area contributed by atoms with Crippen LogP contribution in [0.15, 0.2) is 0 Å². The number of halogens is 1. The molecule has 0 bridgehead atoms. The van der Waals surface area contributed by atoms with Crippen molar-refractivity contribution in [2.75, 3.05) is 0 Å². The predicted octanol–water partition coefficient (Wildman–Crippen LogP) is 4.22. The smallest absolute Gasteiger partial charge is 0.0418 e. The molecular formula is C11H21Cl. The Morgan fingerprint density at radius 1 is 1.17 bits per heavy atom. The quantitative estimate of drug-likeness (QED) is 0.541. The zero-order valence-electron chi connectivity index (χ0n) is 8.78. The predicted molar refractivity (Wildman–Crippen MR) is 55.7 cm³/mol. The van der Waals surface area contributed by atoms with Gasteiger partial charge in [0.05, 0.1) is 0 Å². The van der Waals surface area contributed by atoms with Crippen LogP contribution in [-0.2, 0) is 0 Å². The van der Waals surface area contributed by atoms with Crippen LogP contribution < -0.4 is 0 Å². The van der Waals surface area contributed by atoms with Crippen LogP contribution in [0.5, 0.6) is 0 Å². The van der Waals surface area contributed by atoms with E-state index < -0.39 is 0 Å². The Hall–Kier alpha value is 0.290. The molecule has 0 nitrogen and oxygen atoms in total. The molecule has 12 heavy (non-hydrogen) atoms. The zero-order valence-corrected chi connectivity index (χ0v) is 9.54. The molecule has 0 unspecified atom stereocenters. The van der Waals surface area contributed by atoms with E-state index in [4.69, 9.17) is 11.6 Å². The van der Waals surface area contributed by atoms with Crippen molar-refractivity contribution >= 4 is 11.6 Å². The first kappa shape index (κ1) is 10.4. The van der Waals surface area contributed by atoms with E-state index in [9.17, 15) is 0 Å². The third-order valence-electron chi connectivity index (χ3n) is 3.31. The number of hydrogen-bond acceptors (Lipinski definition) is 0. The van der Waals surface area contributed by atoms with Gasteiger partial charge in [-0.2, -0.15) is 0 Å². The van der Waals surface area contributed by atoms with E-state index in [2.05, 4.69) is 27.7 Å². The lowest BCUT2D eigenvalue weighted by Gasteiger charge is -2.39. The molecule has 0 aliphatic heterocycles. The highest BCUT2D eigenvalue weighted by molar-refractivity contribution is 6.23. The fourth-order valence-electron chi connectivity index (χ4n) is 2.09. The van der Waals surface area contributed by atoms with E-state index in [0.29, 0.717) is 5.41 Å². The van der Waals surface area contributed by atoms with Crippen molar-refractivity contribution in [2.24, 2.45) is 11.3 Å². The Bertz CT molecular complexity index is 143. The van der Waals surface area contributed by atoms with Gasteiger partial charge in [0.1, 0.15) is 0 Å². The van der Waals surface area contributed by atoms with Crippen molar-refractivity contribution < 1.29 is 0 Å². The van der Waals surface area contributed by atoms with Crippen LogP contribution in [0.25, 0.3) is 0 Å². The van der Waals surface area contributed by atoms with E-state index in [1.807, 2.05) is 0 Å². The molecule has 1 aliphatic carbocycles. The van der Waals surface area contributed by atoms with Gasteiger partial charge in [0.25, 0.3) is 0 Å². The van der Waals surface area contributed by atoms with Gasteiger partial charge in [0, 0.05) is 4.87 Å². The van der Waals surface area contributed by atoms with Gasteiger partial charge in [-0.15, -0.1) is 11.6 Å². The Balaban J connectivity index is 2.47. The van der Waals surface area contributed by atoms with Crippen molar-refractivity contribution in [3.8, 4) is 0 Å². The fourth-order valence-corrected chi connectivity index (χ4v) is 2.30. The molecule has 1 aliphatic rings. The third kappa shape index (κ3) is 2.65. The molecule has 1 saturated carbocycles. The van der Waals surface area contributed by atoms with Crippen molar-refractivity contribution in [1.29, 1.82) is 0 Å². The minimum Gasteiger partial charge on any atom is -0.120 e. The van der Waals surface area contributed by atoms with E-state index >= 15 is 0 Å². The number of alkyl halides is 1. The Morgan fingerprint density at radius 3 is 1.92 bits per heavy atom. The maximum absolute atomic E-state index is 6.31. The van der Waals surface area contributed by atoms with Crippen LogP contribution in [0.3, 0.4) is 0 Å². The van der Waals surface area contributed by atoms with Crippen LogP contribution in [0, 0.1) is 11.3 Å². The zero-order chi connectivity index (χ0) is 9.41. The number of hydrogen-bond donors (Lipinski definition) is 0. The van der Waals surface area contributed by atoms with Crippen LogP contribution in [0.4, 0.5) is 0 Å². The molecule has 0 saturated heterocycles. The SMILES string of the molecule is CC1(C)CCC(C(C)(C)Cl)CC1. The van der Waals surface area contributed by atoms with Gasteiger partial charge in [-0.05, 0) is 50.9 Å². The second kappa shape index (κ2) is 3.21. The summed E-state index contributed by atoms with van der Waals surface area (Å²) in [6.45, 7) is 9.03. The summed E-state index contributed by atoms with van der Waals surface area (Å²) >= 11 is 6.31. The van der Waals surface area contributed by atoms with Crippen molar-refractivity contribution in [3.63, 3.8) is 0 Å². The summed E-state index contributed by atoms with van der Waals surface area (Å²) < 4.78 is 0. The van der Waals surface area contributed by atoms with E-state index in [1.54, 1.807) is 0 Å². The van der Waals surface area contributed by atoms with Gasteiger partial charge in [0.15, 0.2) is 0 Å². The third-order valence-corrected chi connectivity index (χ3v) is 3.62.